The van der Waals surface area contributed by atoms with E-state index in [1.807, 2.05) is 0 Å². The molecule has 23 heavy (non-hydrogen) atoms. The zero-order valence-electron chi connectivity index (χ0n) is 13.4. The van der Waals surface area contributed by atoms with Gasteiger partial charge in [-0.25, -0.2) is 0 Å². The van der Waals surface area contributed by atoms with Crippen molar-refractivity contribution in [1.29, 1.82) is 0 Å². The second kappa shape index (κ2) is 6.35. The van der Waals surface area contributed by atoms with Crippen molar-refractivity contribution in [1.82, 2.24) is 14.7 Å². The predicted molar refractivity (Wildman–Crippen MR) is 79.9 cm³/mol. The number of nitrogens with zero attached hydrogens (tertiary/aromatic N) is 4. The maximum absolute atomic E-state index is 12.3. The summed E-state index contributed by atoms with van der Waals surface area (Å²) in [6.07, 6.45) is 0.587. The Morgan fingerprint density at radius 2 is 2.09 bits per heavy atom. The SMILES string of the molecule is Cc1nn(CCC(=O)N2CCC(C(=O)O)C2C)c(C)c1[N+](=O)[O-]. The molecule has 2 unspecified atom stereocenters. The summed E-state index contributed by atoms with van der Waals surface area (Å²) in [6, 6.07) is -0.338. The molecule has 0 radical (unpaired) electrons. The van der Waals surface area contributed by atoms with Crippen molar-refractivity contribution in [3.63, 3.8) is 0 Å². The van der Waals surface area contributed by atoms with Gasteiger partial charge >= 0.3 is 11.7 Å². The highest BCUT2D eigenvalue weighted by Crippen LogP contribution is 2.26. The molecule has 0 saturated carbocycles. The molecule has 0 aromatic carbocycles. The summed E-state index contributed by atoms with van der Waals surface area (Å²) in [6.45, 7) is 5.55. The monoisotopic (exact) mass is 324 g/mol. The molecule has 1 amide bonds. The van der Waals surface area contributed by atoms with Gasteiger partial charge in [-0.05, 0) is 27.2 Å². The zero-order chi connectivity index (χ0) is 17.3. The number of nitro groups is 1. The molecule has 9 nitrogen and oxygen atoms in total. The van der Waals surface area contributed by atoms with Gasteiger partial charge in [0.1, 0.15) is 11.4 Å². The number of hydrogen-bond donors (Lipinski definition) is 1. The molecule has 1 saturated heterocycles. The lowest BCUT2D eigenvalue weighted by Gasteiger charge is -2.23. The summed E-state index contributed by atoms with van der Waals surface area (Å²) >= 11 is 0. The predicted octanol–water partition coefficient (Wildman–Crippen LogP) is 1.12. The van der Waals surface area contributed by atoms with Crippen LogP contribution in [-0.2, 0) is 16.1 Å². The summed E-state index contributed by atoms with van der Waals surface area (Å²) in [5.74, 6) is -1.58. The fraction of sp³-hybridized carbons (Fsp3) is 0.643. The van der Waals surface area contributed by atoms with Gasteiger partial charge in [-0.1, -0.05) is 0 Å². The summed E-state index contributed by atoms with van der Waals surface area (Å²) in [4.78, 5) is 35.4. The zero-order valence-corrected chi connectivity index (χ0v) is 13.4. The molecule has 1 fully saturated rings. The number of rotatable bonds is 5. The van der Waals surface area contributed by atoms with Crippen LogP contribution in [0.15, 0.2) is 0 Å². The summed E-state index contributed by atoms with van der Waals surface area (Å²) < 4.78 is 1.46. The smallest absolute Gasteiger partial charge is 0.312 e. The van der Waals surface area contributed by atoms with E-state index in [9.17, 15) is 19.7 Å². The number of carboxylic acids is 1. The Bertz CT molecular complexity index is 654. The largest absolute Gasteiger partial charge is 0.481 e. The Morgan fingerprint density at radius 1 is 1.43 bits per heavy atom. The molecule has 0 aliphatic carbocycles. The van der Waals surface area contributed by atoms with Gasteiger partial charge in [-0.15, -0.1) is 0 Å². The molecule has 2 rings (SSSR count). The molecule has 9 heteroatoms. The van der Waals surface area contributed by atoms with Gasteiger partial charge < -0.3 is 10.0 Å². The van der Waals surface area contributed by atoms with Crippen molar-refractivity contribution < 1.29 is 19.6 Å². The van der Waals surface area contributed by atoms with E-state index in [4.69, 9.17) is 5.11 Å². The fourth-order valence-electron chi connectivity index (χ4n) is 3.14. The van der Waals surface area contributed by atoms with Crippen molar-refractivity contribution in [3.05, 3.63) is 21.5 Å². The lowest BCUT2D eigenvalue weighted by Crippen LogP contribution is -2.38. The van der Waals surface area contributed by atoms with Crippen molar-refractivity contribution >= 4 is 17.6 Å². The van der Waals surface area contributed by atoms with Gasteiger partial charge in [0, 0.05) is 19.0 Å². The number of hydrogen-bond acceptors (Lipinski definition) is 5. The minimum absolute atomic E-state index is 0.0297. The minimum atomic E-state index is -0.887. The normalized spacial score (nSPS) is 20.7. The van der Waals surface area contributed by atoms with Crippen molar-refractivity contribution in [3.8, 4) is 0 Å². The molecule has 1 aromatic rings. The molecule has 1 aliphatic rings. The molecule has 0 bridgehead atoms. The molecular formula is C14H20N4O5. The Morgan fingerprint density at radius 3 is 2.57 bits per heavy atom. The van der Waals surface area contributed by atoms with Gasteiger partial charge in [0.25, 0.3) is 0 Å². The number of aliphatic carboxylic acids is 1. The van der Waals surface area contributed by atoms with E-state index in [1.54, 1.807) is 25.7 Å². The molecule has 1 N–H and O–H groups in total. The van der Waals surface area contributed by atoms with Crippen LogP contribution in [0.2, 0.25) is 0 Å². The van der Waals surface area contributed by atoms with Crippen molar-refractivity contribution in [2.45, 2.75) is 46.2 Å². The Balaban J connectivity index is 2.02. The van der Waals surface area contributed by atoms with Crippen LogP contribution in [-0.4, -0.2) is 49.2 Å². The standard InChI is InChI=1S/C14H20N4O5/c1-8-13(18(22)23)10(3)17(15-8)7-5-12(19)16-6-4-11(9(16)2)14(20)21/h9,11H,4-7H2,1-3H3,(H,20,21). The topological polar surface area (TPSA) is 119 Å². The average molecular weight is 324 g/mol. The number of aromatic nitrogens is 2. The summed E-state index contributed by atoms with van der Waals surface area (Å²) in [5, 5.41) is 24.2. The van der Waals surface area contributed by atoms with E-state index in [0.29, 0.717) is 24.4 Å². The van der Waals surface area contributed by atoms with E-state index in [2.05, 4.69) is 5.10 Å². The Labute approximate surface area is 133 Å². The lowest BCUT2D eigenvalue weighted by atomic mass is 10.0. The average Bonchev–Trinajstić information content (AvgIpc) is 2.96. The fourth-order valence-corrected chi connectivity index (χ4v) is 3.14. The van der Waals surface area contributed by atoms with E-state index in [0.717, 1.165) is 0 Å². The Kier molecular flexibility index (Phi) is 4.67. The highest BCUT2D eigenvalue weighted by atomic mass is 16.6. The lowest BCUT2D eigenvalue weighted by molar-refractivity contribution is -0.386. The quantitative estimate of drug-likeness (QED) is 0.640. The molecule has 1 aliphatic heterocycles. The van der Waals surface area contributed by atoms with Crippen LogP contribution in [0.3, 0.4) is 0 Å². The van der Waals surface area contributed by atoms with Crippen LogP contribution in [0, 0.1) is 29.9 Å². The first-order valence-electron chi connectivity index (χ1n) is 7.44. The van der Waals surface area contributed by atoms with Gasteiger partial charge in [0.2, 0.25) is 5.91 Å². The van der Waals surface area contributed by atoms with E-state index in [1.165, 1.54) is 4.68 Å². The Hall–Kier alpha value is -2.45. The second-order valence-corrected chi connectivity index (χ2v) is 5.81. The highest BCUT2D eigenvalue weighted by Gasteiger charge is 2.37. The van der Waals surface area contributed by atoms with Crippen LogP contribution < -0.4 is 0 Å². The number of carbonyl (C=O) groups is 2. The van der Waals surface area contributed by atoms with Crippen LogP contribution in [0.5, 0.6) is 0 Å². The third-order valence-corrected chi connectivity index (χ3v) is 4.46. The minimum Gasteiger partial charge on any atom is -0.481 e. The van der Waals surface area contributed by atoms with Gasteiger partial charge in [-0.3, -0.25) is 24.4 Å². The summed E-state index contributed by atoms with van der Waals surface area (Å²) in [7, 11) is 0. The van der Waals surface area contributed by atoms with Crippen LogP contribution >= 0.6 is 0 Å². The first kappa shape index (κ1) is 16.9. The van der Waals surface area contributed by atoms with Crippen LogP contribution in [0.1, 0.15) is 31.2 Å². The molecular weight excluding hydrogens is 304 g/mol. The number of likely N-dealkylation sites (tertiary alicyclic amines) is 1. The van der Waals surface area contributed by atoms with Crippen LogP contribution in [0.25, 0.3) is 0 Å². The van der Waals surface area contributed by atoms with Gasteiger partial charge in [0.15, 0.2) is 0 Å². The first-order chi connectivity index (χ1) is 10.7. The third-order valence-electron chi connectivity index (χ3n) is 4.46. The highest BCUT2D eigenvalue weighted by molar-refractivity contribution is 5.79. The molecule has 2 atom stereocenters. The molecule has 2 heterocycles. The van der Waals surface area contributed by atoms with E-state index < -0.39 is 16.8 Å². The van der Waals surface area contributed by atoms with Gasteiger partial charge in [-0.2, -0.15) is 5.10 Å². The number of amides is 1. The molecule has 0 spiro atoms. The van der Waals surface area contributed by atoms with E-state index >= 15 is 0 Å². The number of carbonyl (C=O) groups excluding carboxylic acids is 1. The van der Waals surface area contributed by atoms with Gasteiger partial charge in [0.05, 0.1) is 17.4 Å². The van der Waals surface area contributed by atoms with Crippen LogP contribution in [0.4, 0.5) is 5.69 Å². The van der Waals surface area contributed by atoms with Crippen molar-refractivity contribution in [2.24, 2.45) is 5.92 Å². The summed E-state index contributed by atoms with van der Waals surface area (Å²) in [5.41, 5.74) is 0.705. The number of aryl methyl sites for hydroxylation is 2. The first-order valence-corrected chi connectivity index (χ1v) is 7.44. The van der Waals surface area contributed by atoms with Crippen molar-refractivity contribution in [2.75, 3.05) is 6.54 Å². The maximum atomic E-state index is 12.3. The third kappa shape index (κ3) is 3.17. The second-order valence-electron chi connectivity index (χ2n) is 5.81. The van der Waals surface area contributed by atoms with E-state index in [-0.39, 0.29) is 30.6 Å². The maximum Gasteiger partial charge on any atom is 0.312 e. The molecule has 126 valence electrons. The number of carboxylic acid groups (broad SMARTS) is 1. The molecule has 1 aromatic heterocycles.